The van der Waals surface area contributed by atoms with Gasteiger partial charge in [0.15, 0.2) is 5.96 Å². The summed E-state index contributed by atoms with van der Waals surface area (Å²) in [5.74, 6) is -0.986. The fourth-order valence-electron chi connectivity index (χ4n) is 2.60. The van der Waals surface area contributed by atoms with Gasteiger partial charge in [-0.15, -0.1) is 0 Å². The molecule has 1 aliphatic rings. The number of hydrogen-bond donors (Lipinski definition) is 3. The van der Waals surface area contributed by atoms with Crippen LogP contribution in [-0.2, 0) is 0 Å². The van der Waals surface area contributed by atoms with Gasteiger partial charge >= 0.3 is 6.18 Å². The van der Waals surface area contributed by atoms with Crippen molar-refractivity contribution in [2.75, 3.05) is 11.9 Å². The number of aliphatic imine (C=N–C) groups is 1. The number of nitrogens with two attached hydrogens (primary N) is 1. The van der Waals surface area contributed by atoms with Crippen LogP contribution in [0.4, 0.5) is 19.0 Å². The fourth-order valence-corrected chi connectivity index (χ4v) is 2.60. The summed E-state index contributed by atoms with van der Waals surface area (Å²) >= 11 is 0. The van der Waals surface area contributed by atoms with Gasteiger partial charge in [-0.1, -0.05) is 6.07 Å². The van der Waals surface area contributed by atoms with Gasteiger partial charge < -0.3 is 16.2 Å². The average Bonchev–Trinajstić information content (AvgIpc) is 2.46. The van der Waals surface area contributed by atoms with Crippen LogP contribution in [0.5, 0.6) is 0 Å². The number of aromatic nitrogens is 1. The second-order valence-electron chi connectivity index (χ2n) is 5.60. The summed E-state index contributed by atoms with van der Waals surface area (Å²) in [6.45, 7) is -0.161. The normalized spacial score (nSPS) is 26.7. The van der Waals surface area contributed by atoms with Gasteiger partial charge in [-0.3, -0.25) is 4.99 Å². The van der Waals surface area contributed by atoms with E-state index in [1.54, 1.807) is 24.4 Å². The van der Waals surface area contributed by atoms with Crippen molar-refractivity contribution in [1.82, 2.24) is 4.98 Å². The predicted molar refractivity (Wildman–Crippen MR) is 77.3 cm³/mol. The molecule has 1 saturated carbocycles. The van der Waals surface area contributed by atoms with Crippen molar-refractivity contribution in [1.29, 1.82) is 0 Å². The zero-order chi connectivity index (χ0) is 16.2. The first-order valence-corrected chi connectivity index (χ1v) is 7.06. The van der Waals surface area contributed by atoms with E-state index in [-0.39, 0.29) is 25.3 Å². The number of alkyl halides is 3. The molecule has 1 aromatic rings. The summed E-state index contributed by atoms with van der Waals surface area (Å²) in [6, 6.07) is 5.17. The second kappa shape index (κ2) is 6.51. The highest BCUT2D eigenvalue weighted by Crippen LogP contribution is 2.41. The third kappa shape index (κ3) is 4.59. The molecule has 0 aliphatic heterocycles. The van der Waals surface area contributed by atoms with Crippen LogP contribution < -0.4 is 11.1 Å². The Morgan fingerprint density at radius 3 is 2.91 bits per heavy atom. The van der Waals surface area contributed by atoms with Crippen molar-refractivity contribution in [3.8, 4) is 0 Å². The van der Waals surface area contributed by atoms with Gasteiger partial charge in [-0.25, -0.2) is 4.98 Å². The van der Waals surface area contributed by atoms with Gasteiger partial charge in [0.1, 0.15) is 5.82 Å². The number of anilines is 1. The lowest BCUT2D eigenvalue weighted by atomic mass is 9.78. The second-order valence-corrected chi connectivity index (χ2v) is 5.60. The van der Waals surface area contributed by atoms with Crippen molar-refractivity contribution in [2.24, 2.45) is 16.6 Å². The molecule has 0 saturated heterocycles. The van der Waals surface area contributed by atoms with Crippen molar-refractivity contribution in [3.63, 3.8) is 0 Å². The number of pyridine rings is 1. The number of halogens is 3. The van der Waals surface area contributed by atoms with Crippen LogP contribution in [0, 0.1) is 5.92 Å². The summed E-state index contributed by atoms with van der Waals surface area (Å²) in [5.41, 5.74) is 4.20. The molecule has 122 valence electrons. The van der Waals surface area contributed by atoms with Crippen LogP contribution >= 0.6 is 0 Å². The number of guanidine groups is 1. The van der Waals surface area contributed by atoms with E-state index in [1.807, 2.05) is 0 Å². The van der Waals surface area contributed by atoms with Gasteiger partial charge in [-0.05, 0) is 37.8 Å². The molecule has 0 spiro atoms. The number of nitrogens with one attached hydrogen (secondary N) is 1. The number of aliphatic hydroxyl groups is 1. The Kier molecular flexibility index (Phi) is 4.90. The Morgan fingerprint density at radius 1 is 1.50 bits per heavy atom. The molecule has 0 radical (unpaired) electrons. The molecule has 8 heteroatoms. The Balaban J connectivity index is 1.95. The Hall–Kier alpha value is -1.83. The summed E-state index contributed by atoms with van der Waals surface area (Å²) < 4.78 is 38.3. The monoisotopic (exact) mass is 316 g/mol. The smallest absolute Gasteiger partial charge is 0.388 e. The van der Waals surface area contributed by atoms with Crippen molar-refractivity contribution in [3.05, 3.63) is 24.4 Å². The maximum Gasteiger partial charge on any atom is 0.391 e. The molecule has 1 aliphatic carbocycles. The lowest BCUT2D eigenvalue weighted by Crippen LogP contribution is -2.43. The number of nitrogens with zero attached hydrogens (tertiary/aromatic N) is 2. The van der Waals surface area contributed by atoms with E-state index in [0.29, 0.717) is 18.7 Å². The first-order valence-electron chi connectivity index (χ1n) is 7.06. The van der Waals surface area contributed by atoms with Crippen molar-refractivity contribution < 1.29 is 18.3 Å². The molecule has 0 aromatic carbocycles. The Morgan fingerprint density at radius 2 is 2.27 bits per heavy atom. The van der Waals surface area contributed by atoms with Crippen molar-refractivity contribution >= 4 is 11.8 Å². The van der Waals surface area contributed by atoms with E-state index in [9.17, 15) is 18.3 Å². The maximum absolute atomic E-state index is 12.8. The molecule has 1 heterocycles. The maximum atomic E-state index is 12.8. The molecule has 1 aromatic heterocycles. The Bertz CT molecular complexity index is 521. The minimum absolute atomic E-state index is 0.0151. The standard InChI is InChI=1S/C14H19F3N4O/c15-14(16,17)10-4-3-6-13(22,8-10)9-20-12(18)21-11-5-1-2-7-19-11/h1-2,5,7,10,22H,3-4,6,8-9H2,(H3,18,19,20,21). The zero-order valence-corrected chi connectivity index (χ0v) is 12.0. The molecule has 1 fully saturated rings. The molecular weight excluding hydrogens is 297 g/mol. The lowest BCUT2D eigenvalue weighted by molar-refractivity contribution is -0.199. The summed E-state index contributed by atoms with van der Waals surface area (Å²) in [5, 5.41) is 13.0. The van der Waals surface area contributed by atoms with E-state index in [1.165, 1.54) is 0 Å². The topological polar surface area (TPSA) is 83.5 Å². The summed E-state index contributed by atoms with van der Waals surface area (Å²) in [4.78, 5) is 7.95. The highest BCUT2D eigenvalue weighted by atomic mass is 19.4. The van der Waals surface area contributed by atoms with E-state index in [4.69, 9.17) is 5.73 Å². The van der Waals surface area contributed by atoms with E-state index in [0.717, 1.165) is 0 Å². The molecule has 4 N–H and O–H groups in total. The molecule has 2 unspecified atom stereocenters. The van der Waals surface area contributed by atoms with Crippen LogP contribution in [0.15, 0.2) is 29.4 Å². The minimum atomic E-state index is -4.28. The first kappa shape index (κ1) is 16.5. The van der Waals surface area contributed by atoms with E-state index >= 15 is 0 Å². The number of hydrogen-bond acceptors (Lipinski definition) is 3. The fraction of sp³-hybridized carbons (Fsp3) is 0.571. The molecular formula is C14H19F3N4O. The quantitative estimate of drug-likeness (QED) is 0.590. The SMILES string of the molecule is NC(=NCC1(O)CCCC(C(F)(F)F)C1)Nc1ccccn1. The molecule has 5 nitrogen and oxygen atoms in total. The predicted octanol–water partition coefficient (Wildman–Crippen LogP) is 2.29. The van der Waals surface area contributed by atoms with E-state index < -0.39 is 17.7 Å². The van der Waals surface area contributed by atoms with Gasteiger partial charge in [0.05, 0.1) is 18.1 Å². The summed E-state index contributed by atoms with van der Waals surface area (Å²) in [6.07, 6.45) is -2.38. The molecule has 2 atom stereocenters. The molecule has 0 bridgehead atoms. The Labute approximate surface area is 126 Å². The first-order chi connectivity index (χ1) is 10.3. The zero-order valence-electron chi connectivity index (χ0n) is 12.0. The highest BCUT2D eigenvalue weighted by molar-refractivity contribution is 5.91. The van der Waals surface area contributed by atoms with Crippen LogP contribution in [0.3, 0.4) is 0 Å². The van der Waals surface area contributed by atoms with E-state index in [2.05, 4.69) is 15.3 Å². The molecule has 22 heavy (non-hydrogen) atoms. The lowest BCUT2D eigenvalue weighted by Gasteiger charge is -2.36. The van der Waals surface area contributed by atoms with Gasteiger partial charge in [0.25, 0.3) is 0 Å². The average molecular weight is 316 g/mol. The summed E-state index contributed by atoms with van der Waals surface area (Å²) in [7, 11) is 0. The van der Waals surface area contributed by atoms with Crippen LogP contribution in [0.25, 0.3) is 0 Å². The molecule has 2 rings (SSSR count). The van der Waals surface area contributed by atoms with Crippen molar-refractivity contribution in [2.45, 2.75) is 37.5 Å². The third-order valence-corrected chi connectivity index (χ3v) is 3.75. The van der Waals surface area contributed by atoms with Crippen LogP contribution in [0.2, 0.25) is 0 Å². The third-order valence-electron chi connectivity index (χ3n) is 3.75. The van der Waals surface area contributed by atoms with Gasteiger partial charge in [0.2, 0.25) is 0 Å². The largest absolute Gasteiger partial charge is 0.391 e. The van der Waals surface area contributed by atoms with Gasteiger partial charge in [-0.2, -0.15) is 13.2 Å². The van der Waals surface area contributed by atoms with Crippen LogP contribution in [0.1, 0.15) is 25.7 Å². The van der Waals surface area contributed by atoms with Gasteiger partial charge in [0, 0.05) is 6.20 Å². The number of rotatable bonds is 3. The highest BCUT2D eigenvalue weighted by Gasteiger charge is 2.46. The van der Waals surface area contributed by atoms with Crippen LogP contribution in [-0.4, -0.2) is 34.4 Å². The molecule has 0 amide bonds. The minimum Gasteiger partial charge on any atom is -0.388 e.